The van der Waals surface area contributed by atoms with Crippen molar-refractivity contribution in [3.8, 4) is 0 Å². The van der Waals surface area contributed by atoms with E-state index in [-0.39, 0.29) is 0 Å². The van der Waals surface area contributed by atoms with E-state index in [1.165, 1.54) is 0 Å². The second-order valence-corrected chi connectivity index (χ2v) is 2.52. The largest absolute Gasteiger partial charge is 0.0987 e. The summed E-state index contributed by atoms with van der Waals surface area (Å²) in [6.45, 7) is 7.44. The van der Waals surface area contributed by atoms with Crippen LogP contribution in [0.15, 0.2) is 35.4 Å². The lowest BCUT2D eigenvalue weighted by Crippen LogP contribution is -1.68. The van der Waals surface area contributed by atoms with Crippen molar-refractivity contribution < 1.29 is 0 Å². The van der Waals surface area contributed by atoms with Crippen LogP contribution >= 0.6 is 11.6 Å². The lowest BCUT2D eigenvalue weighted by Gasteiger charge is -1.89. The Morgan fingerprint density at radius 2 is 2.11 bits per heavy atom. The van der Waals surface area contributed by atoms with Crippen LogP contribution in [0, 0.1) is 0 Å². The van der Waals surface area contributed by atoms with Crippen molar-refractivity contribution in [3.05, 3.63) is 35.4 Å². The van der Waals surface area contributed by atoms with E-state index < -0.39 is 0 Å². The zero-order chi connectivity index (χ0) is 6.85. The third-order valence-corrected chi connectivity index (χ3v) is 2.04. The highest BCUT2D eigenvalue weighted by Gasteiger charge is 2.12. The molecule has 0 radical (unpaired) electrons. The van der Waals surface area contributed by atoms with Gasteiger partial charge in [-0.25, -0.2) is 0 Å². The Bertz CT molecular complexity index is 187. The molecular formula is C8H9Cl. The molecule has 0 fully saturated rings. The van der Waals surface area contributed by atoms with Crippen LogP contribution in [0.25, 0.3) is 0 Å². The summed E-state index contributed by atoms with van der Waals surface area (Å²) in [4.78, 5) is 0. The first-order valence-corrected chi connectivity index (χ1v) is 3.32. The summed E-state index contributed by atoms with van der Waals surface area (Å²) in [5.41, 5.74) is 2.19. The second kappa shape index (κ2) is 2.40. The topological polar surface area (TPSA) is 0 Å². The van der Waals surface area contributed by atoms with Crippen molar-refractivity contribution in [1.82, 2.24) is 0 Å². The van der Waals surface area contributed by atoms with Gasteiger partial charge in [-0.1, -0.05) is 30.8 Å². The van der Waals surface area contributed by atoms with Crippen molar-refractivity contribution in [2.45, 2.75) is 12.8 Å². The number of rotatable bonds is 1. The molecular weight excluding hydrogens is 132 g/mol. The van der Waals surface area contributed by atoms with E-state index in [0.29, 0.717) is 0 Å². The zero-order valence-corrected chi connectivity index (χ0v) is 6.04. The predicted molar refractivity (Wildman–Crippen MR) is 41.5 cm³/mol. The average molecular weight is 141 g/mol. The van der Waals surface area contributed by atoms with Gasteiger partial charge in [-0.15, -0.1) is 0 Å². The highest BCUT2D eigenvalue weighted by Crippen LogP contribution is 2.32. The van der Waals surface area contributed by atoms with E-state index in [4.69, 9.17) is 11.6 Å². The molecule has 9 heavy (non-hydrogen) atoms. The summed E-state index contributed by atoms with van der Waals surface area (Å²) in [6, 6.07) is 0. The van der Waals surface area contributed by atoms with Gasteiger partial charge in [0.2, 0.25) is 0 Å². The van der Waals surface area contributed by atoms with E-state index in [1.807, 2.05) is 0 Å². The molecule has 0 amide bonds. The molecule has 1 heteroatoms. The van der Waals surface area contributed by atoms with Gasteiger partial charge in [0, 0.05) is 5.03 Å². The number of halogens is 1. The van der Waals surface area contributed by atoms with Gasteiger partial charge in [-0.3, -0.25) is 0 Å². The molecule has 1 aliphatic carbocycles. The fourth-order valence-corrected chi connectivity index (χ4v) is 1.19. The van der Waals surface area contributed by atoms with Crippen LogP contribution < -0.4 is 0 Å². The Morgan fingerprint density at radius 1 is 1.44 bits per heavy atom. The van der Waals surface area contributed by atoms with E-state index in [2.05, 4.69) is 13.2 Å². The summed E-state index contributed by atoms with van der Waals surface area (Å²) >= 11 is 5.84. The first-order valence-electron chi connectivity index (χ1n) is 2.95. The minimum absolute atomic E-state index is 0.824. The minimum atomic E-state index is 0.824. The Labute approximate surface area is 60.5 Å². The summed E-state index contributed by atoms with van der Waals surface area (Å²) in [6.07, 6.45) is 3.82. The van der Waals surface area contributed by atoms with E-state index in [9.17, 15) is 0 Å². The maximum atomic E-state index is 5.84. The first-order chi connectivity index (χ1) is 4.25. The molecule has 0 atom stereocenters. The summed E-state index contributed by atoms with van der Waals surface area (Å²) in [7, 11) is 0. The van der Waals surface area contributed by atoms with Gasteiger partial charge in [-0.2, -0.15) is 0 Å². The smallest absolute Gasteiger partial charge is 0.0464 e. The van der Waals surface area contributed by atoms with Gasteiger partial charge >= 0.3 is 0 Å². The van der Waals surface area contributed by atoms with Crippen molar-refractivity contribution in [2.75, 3.05) is 0 Å². The molecule has 0 aliphatic heterocycles. The molecule has 0 saturated carbocycles. The molecule has 0 heterocycles. The van der Waals surface area contributed by atoms with Gasteiger partial charge in [0.25, 0.3) is 0 Å². The maximum absolute atomic E-state index is 5.84. The SMILES string of the molecule is C=CC1=C(Cl)C(=C)CC1. The van der Waals surface area contributed by atoms with Crippen LogP contribution in [0.3, 0.4) is 0 Å². The molecule has 1 aliphatic rings. The van der Waals surface area contributed by atoms with Crippen molar-refractivity contribution in [3.63, 3.8) is 0 Å². The van der Waals surface area contributed by atoms with Gasteiger partial charge in [0.05, 0.1) is 0 Å². The summed E-state index contributed by atoms with van der Waals surface area (Å²) in [5, 5.41) is 0.824. The van der Waals surface area contributed by atoms with E-state index >= 15 is 0 Å². The monoisotopic (exact) mass is 140 g/mol. The van der Waals surface area contributed by atoms with Crippen molar-refractivity contribution >= 4 is 11.6 Å². The predicted octanol–water partition coefficient (Wildman–Crippen LogP) is 3.02. The molecule has 0 saturated heterocycles. The molecule has 0 aromatic carbocycles. The Balaban J connectivity index is 2.92. The molecule has 1 rings (SSSR count). The summed E-state index contributed by atoms with van der Waals surface area (Å²) < 4.78 is 0. The maximum Gasteiger partial charge on any atom is 0.0464 e. The second-order valence-electron chi connectivity index (χ2n) is 2.15. The molecule has 0 nitrogen and oxygen atoms in total. The highest BCUT2D eigenvalue weighted by atomic mass is 35.5. The first kappa shape index (κ1) is 6.63. The average Bonchev–Trinajstić information content (AvgIpc) is 2.15. The van der Waals surface area contributed by atoms with Gasteiger partial charge in [0.15, 0.2) is 0 Å². The molecule has 0 aromatic rings. The van der Waals surface area contributed by atoms with Crippen molar-refractivity contribution in [1.29, 1.82) is 0 Å². The molecule has 0 bridgehead atoms. The third kappa shape index (κ3) is 1.08. The Hall–Kier alpha value is -0.490. The molecule has 48 valence electrons. The zero-order valence-electron chi connectivity index (χ0n) is 5.28. The van der Waals surface area contributed by atoms with Crippen molar-refractivity contribution in [2.24, 2.45) is 0 Å². The lowest BCUT2D eigenvalue weighted by molar-refractivity contribution is 1.04. The standard InChI is InChI=1S/C8H9Cl/c1-3-7-5-4-6(2)8(7)9/h3H,1-2,4-5H2. The van der Waals surface area contributed by atoms with Crippen LogP contribution in [-0.4, -0.2) is 0 Å². The van der Waals surface area contributed by atoms with Gasteiger partial charge < -0.3 is 0 Å². The van der Waals surface area contributed by atoms with Crippen LogP contribution in [0.5, 0.6) is 0 Å². The van der Waals surface area contributed by atoms with Crippen LogP contribution in [0.2, 0.25) is 0 Å². The Kier molecular flexibility index (Phi) is 1.77. The van der Waals surface area contributed by atoms with Crippen LogP contribution in [0.4, 0.5) is 0 Å². The number of allylic oxidation sites excluding steroid dienone is 4. The lowest BCUT2D eigenvalue weighted by atomic mass is 10.2. The molecule has 0 N–H and O–H groups in total. The van der Waals surface area contributed by atoms with Crippen LogP contribution in [0.1, 0.15) is 12.8 Å². The normalized spacial score (nSPS) is 19.0. The highest BCUT2D eigenvalue weighted by molar-refractivity contribution is 6.32. The fourth-order valence-electron chi connectivity index (χ4n) is 0.924. The van der Waals surface area contributed by atoms with E-state index in [0.717, 1.165) is 29.0 Å². The van der Waals surface area contributed by atoms with E-state index in [1.54, 1.807) is 6.08 Å². The molecule has 0 spiro atoms. The van der Waals surface area contributed by atoms with Crippen LogP contribution in [-0.2, 0) is 0 Å². The number of hydrogen-bond donors (Lipinski definition) is 0. The van der Waals surface area contributed by atoms with Gasteiger partial charge in [-0.05, 0) is 24.0 Å². The molecule has 0 unspecified atom stereocenters. The fraction of sp³-hybridized carbons (Fsp3) is 0.250. The third-order valence-electron chi connectivity index (χ3n) is 1.53. The van der Waals surface area contributed by atoms with Gasteiger partial charge in [0.1, 0.15) is 0 Å². The molecule has 0 aromatic heterocycles. The quantitative estimate of drug-likeness (QED) is 0.525. The summed E-state index contributed by atoms with van der Waals surface area (Å²) in [5.74, 6) is 0. The number of hydrogen-bond acceptors (Lipinski definition) is 0. The Morgan fingerprint density at radius 3 is 2.33 bits per heavy atom. The minimum Gasteiger partial charge on any atom is -0.0987 e.